The Kier molecular flexibility index (Phi) is 4.79. The van der Waals surface area contributed by atoms with Crippen molar-refractivity contribution in [3.63, 3.8) is 0 Å². The molecule has 2 N–H and O–H groups in total. The van der Waals surface area contributed by atoms with E-state index in [1.54, 1.807) is 12.3 Å². The van der Waals surface area contributed by atoms with E-state index in [4.69, 9.17) is 9.84 Å². The summed E-state index contributed by atoms with van der Waals surface area (Å²) in [5, 5.41) is 25.7. The van der Waals surface area contributed by atoms with Crippen LogP contribution >= 0.6 is 0 Å². The topological polar surface area (TPSA) is 80.4 Å². The minimum atomic E-state index is -0.644. The van der Waals surface area contributed by atoms with Gasteiger partial charge in [0.15, 0.2) is 0 Å². The summed E-state index contributed by atoms with van der Waals surface area (Å²) in [4.78, 5) is 0. The van der Waals surface area contributed by atoms with Crippen LogP contribution in [0.15, 0.2) is 18.5 Å². The van der Waals surface area contributed by atoms with Crippen LogP contribution in [-0.2, 0) is 17.9 Å². The van der Waals surface area contributed by atoms with Gasteiger partial charge in [-0.25, -0.2) is 4.68 Å². The van der Waals surface area contributed by atoms with Crippen molar-refractivity contribution < 1.29 is 14.9 Å². The number of allylic oxidation sites excluding steroid dienone is 1. The summed E-state index contributed by atoms with van der Waals surface area (Å²) in [6.45, 7) is 2.19. The van der Waals surface area contributed by atoms with Gasteiger partial charge in [-0.3, -0.25) is 0 Å². The van der Waals surface area contributed by atoms with Gasteiger partial charge < -0.3 is 14.9 Å². The molecular formula is C9H15N3O3. The highest BCUT2D eigenvalue weighted by Gasteiger charge is 2.06. The molecule has 15 heavy (non-hydrogen) atoms. The van der Waals surface area contributed by atoms with Gasteiger partial charge in [0.1, 0.15) is 18.4 Å². The zero-order valence-electron chi connectivity index (χ0n) is 8.58. The van der Waals surface area contributed by atoms with Crippen molar-refractivity contribution in [2.75, 3.05) is 6.61 Å². The predicted octanol–water partition coefficient (Wildman–Crippen LogP) is -0.319. The highest BCUT2D eigenvalue weighted by atomic mass is 16.5. The molecule has 1 aromatic rings. The average molecular weight is 213 g/mol. The third-order valence-electron chi connectivity index (χ3n) is 1.67. The monoisotopic (exact) mass is 213 g/mol. The number of hydrogen-bond acceptors (Lipinski definition) is 5. The Bertz CT molecular complexity index is 311. The van der Waals surface area contributed by atoms with Crippen LogP contribution in [0.1, 0.15) is 12.6 Å². The second-order valence-corrected chi connectivity index (χ2v) is 3.05. The number of aliphatic hydroxyl groups excluding tert-OH is 2. The zero-order valence-corrected chi connectivity index (χ0v) is 8.58. The first-order valence-corrected chi connectivity index (χ1v) is 4.67. The Morgan fingerprint density at radius 1 is 1.67 bits per heavy atom. The summed E-state index contributed by atoms with van der Waals surface area (Å²) in [6.07, 6.45) is 4.20. The molecule has 0 unspecified atom stereocenters. The smallest absolute Gasteiger partial charge is 0.115 e. The average Bonchev–Trinajstić information content (AvgIpc) is 2.66. The predicted molar refractivity (Wildman–Crippen MR) is 52.7 cm³/mol. The van der Waals surface area contributed by atoms with Gasteiger partial charge in [0, 0.05) is 0 Å². The van der Waals surface area contributed by atoms with Crippen molar-refractivity contribution >= 4 is 0 Å². The van der Waals surface area contributed by atoms with E-state index in [0.717, 1.165) is 0 Å². The summed E-state index contributed by atoms with van der Waals surface area (Å²) >= 11 is 0. The van der Waals surface area contributed by atoms with Crippen molar-refractivity contribution in [1.82, 2.24) is 15.0 Å². The number of aromatic nitrogens is 3. The molecule has 0 amide bonds. The quantitative estimate of drug-likeness (QED) is 0.633. The van der Waals surface area contributed by atoms with E-state index < -0.39 is 6.10 Å². The maximum absolute atomic E-state index is 9.50. The summed E-state index contributed by atoms with van der Waals surface area (Å²) in [6, 6.07) is 0. The summed E-state index contributed by atoms with van der Waals surface area (Å²) in [7, 11) is 0. The van der Waals surface area contributed by atoms with Crippen molar-refractivity contribution in [3.8, 4) is 0 Å². The number of ether oxygens (including phenoxy) is 1. The maximum Gasteiger partial charge on any atom is 0.115 e. The molecule has 0 saturated heterocycles. The Hall–Kier alpha value is -1.40. The molecule has 84 valence electrons. The van der Waals surface area contributed by atoms with Crippen LogP contribution in [0.3, 0.4) is 0 Å². The first-order chi connectivity index (χ1) is 7.26. The van der Waals surface area contributed by atoms with Gasteiger partial charge in [-0.1, -0.05) is 11.3 Å². The molecule has 0 saturated carbocycles. The summed E-state index contributed by atoms with van der Waals surface area (Å²) < 4.78 is 6.48. The van der Waals surface area contributed by atoms with E-state index in [1.807, 2.05) is 6.92 Å². The molecule has 1 aromatic heterocycles. The minimum Gasteiger partial charge on any atom is -0.499 e. The van der Waals surface area contributed by atoms with Gasteiger partial charge in [-0.15, -0.1) is 5.10 Å². The Morgan fingerprint density at radius 2 is 2.47 bits per heavy atom. The van der Waals surface area contributed by atoms with Gasteiger partial charge in [0.25, 0.3) is 0 Å². The van der Waals surface area contributed by atoms with Crippen molar-refractivity contribution in [2.24, 2.45) is 0 Å². The van der Waals surface area contributed by atoms with Crippen molar-refractivity contribution in [3.05, 3.63) is 24.2 Å². The van der Waals surface area contributed by atoms with Gasteiger partial charge in [-0.2, -0.15) is 0 Å². The van der Waals surface area contributed by atoms with E-state index >= 15 is 0 Å². The minimum absolute atomic E-state index is 0.148. The highest BCUT2D eigenvalue weighted by Crippen LogP contribution is 1.96. The molecule has 0 bridgehead atoms. The fraction of sp³-hybridized carbons (Fsp3) is 0.556. The summed E-state index contributed by atoms with van der Waals surface area (Å²) in [5.41, 5.74) is 0.483. The Labute approximate surface area is 87.8 Å². The first-order valence-electron chi connectivity index (χ1n) is 4.67. The van der Waals surface area contributed by atoms with E-state index in [9.17, 15) is 5.11 Å². The van der Waals surface area contributed by atoms with E-state index in [1.165, 1.54) is 10.9 Å². The second-order valence-electron chi connectivity index (χ2n) is 3.05. The molecule has 1 rings (SSSR count). The van der Waals surface area contributed by atoms with Gasteiger partial charge in [0.2, 0.25) is 0 Å². The lowest BCUT2D eigenvalue weighted by molar-refractivity contribution is 0.0682. The van der Waals surface area contributed by atoms with Crippen LogP contribution in [0.5, 0.6) is 0 Å². The van der Waals surface area contributed by atoms with E-state index in [0.29, 0.717) is 12.2 Å². The molecule has 0 spiro atoms. The first kappa shape index (κ1) is 11.7. The molecule has 0 aliphatic rings. The number of nitrogens with zero attached hydrogens (tertiary/aromatic N) is 3. The van der Waals surface area contributed by atoms with E-state index in [-0.39, 0.29) is 13.2 Å². The second kappa shape index (κ2) is 6.15. The van der Waals surface area contributed by atoms with Gasteiger partial charge >= 0.3 is 0 Å². The molecular weight excluding hydrogens is 198 g/mol. The Balaban J connectivity index is 2.33. The molecule has 0 fully saturated rings. The lowest BCUT2D eigenvalue weighted by Gasteiger charge is -2.08. The van der Waals surface area contributed by atoms with Crippen LogP contribution in [0.4, 0.5) is 0 Å². The van der Waals surface area contributed by atoms with Crippen LogP contribution in [0.2, 0.25) is 0 Å². The molecule has 0 aliphatic carbocycles. The van der Waals surface area contributed by atoms with Crippen LogP contribution < -0.4 is 0 Å². The summed E-state index contributed by atoms with van der Waals surface area (Å²) in [5.74, 6) is 0. The number of rotatable bonds is 6. The molecule has 0 aliphatic heterocycles. The largest absolute Gasteiger partial charge is 0.499 e. The SMILES string of the molecule is C/C=C/OC[C@H](O)Cn1cc(CO)nn1. The fourth-order valence-corrected chi connectivity index (χ4v) is 1.03. The standard InChI is InChI=1S/C9H15N3O3/c1-2-3-15-7-9(14)5-12-4-8(6-13)10-11-12/h2-4,9,13-14H,5-7H2,1H3/b3-2+/t9-/m1/s1. The molecule has 1 atom stereocenters. The van der Waals surface area contributed by atoms with Crippen LogP contribution in [-0.4, -0.2) is 37.9 Å². The lowest BCUT2D eigenvalue weighted by Crippen LogP contribution is -2.21. The number of hydrogen-bond donors (Lipinski definition) is 2. The molecule has 6 heteroatoms. The highest BCUT2D eigenvalue weighted by molar-refractivity contribution is 4.89. The zero-order chi connectivity index (χ0) is 11.1. The van der Waals surface area contributed by atoms with Gasteiger partial charge in [-0.05, 0) is 6.92 Å². The third-order valence-corrected chi connectivity index (χ3v) is 1.67. The molecule has 1 heterocycles. The van der Waals surface area contributed by atoms with Crippen LogP contribution in [0, 0.1) is 0 Å². The third kappa shape index (κ3) is 4.09. The Morgan fingerprint density at radius 3 is 3.07 bits per heavy atom. The van der Waals surface area contributed by atoms with Crippen LogP contribution in [0.25, 0.3) is 0 Å². The van der Waals surface area contributed by atoms with Crippen molar-refractivity contribution in [2.45, 2.75) is 26.2 Å². The van der Waals surface area contributed by atoms with E-state index in [2.05, 4.69) is 10.3 Å². The van der Waals surface area contributed by atoms with Crippen molar-refractivity contribution in [1.29, 1.82) is 0 Å². The molecule has 0 radical (unpaired) electrons. The number of aliphatic hydroxyl groups is 2. The maximum atomic E-state index is 9.50. The molecule has 0 aromatic carbocycles. The fourth-order valence-electron chi connectivity index (χ4n) is 1.03. The lowest BCUT2D eigenvalue weighted by atomic mass is 10.4. The normalized spacial score (nSPS) is 13.3. The molecule has 6 nitrogen and oxygen atoms in total. The van der Waals surface area contributed by atoms with Gasteiger partial charge in [0.05, 0.1) is 25.6 Å².